The van der Waals surface area contributed by atoms with Gasteiger partial charge in [0.1, 0.15) is 5.88 Å². The normalized spacial score (nSPS) is 37.6. The highest BCUT2D eigenvalue weighted by Gasteiger charge is 2.34. The highest BCUT2D eigenvalue weighted by atomic mass is 32.2. The first kappa shape index (κ1) is 9.85. The van der Waals surface area contributed by atoms with E-state index in [2.05, 4.69) is 18.8 Å². The van der Waals surface area contributed by atoms with Gasteiger partial charge in [0, 0.05) is 12.2 Å². The first-order valence-corrected chi connectivity index (χ1v) is 6.89. The van der Waals surface area contributed by atoms with Crippen LogP contribution < -0.4 is 0 Å². The molecule has 76 valence electrons. The molecule has 0 spiro atoms. The molecule has 1 saturated carbocycles. The first-order chi connectivity index (χ1) is 6.31. The second-order valence-corrected chi connectivity index (χ2v) is 5.96. The van der Waals surface area contributed by atoms with E-state index in [-0.39, 0.29) is 0 Å². The summed E-state index contributed by atoms with van der Waals surface area (Å²) in [4.78, 5) is 0. The van der Waals surface area contributed by atoms with Crippen molar-refractivity contribution in [2.75, 3.05) is 25.2 Å². The summed E-state index contributed by atoms with van der Waals surface area (Å²) in [5.41, 5.74) is 0. The average Bonchev–Trinajstić information content (AvgIpc) is 2.20. The lowest BCUT2D eigenvalue weighted by molar-refractivity contribution is -0.924. The minimum absolute atomic E-state index is 1.00. The topological polar surface area (TPSA) is 0 Å². The van der Waals surface area contributed by atoms with Crippen molar-refractivity contribution in [2.45, 2.75) is 44.6 Å². The quantitative estimate of drug-likeness (QED) is 0.587. The Labute approximate surface area is 86.5 Å². The van der Waals surface area contributed by atoms with E-state index >= 15 is 0 Å². The maximum atomic E-state index is 2.49. The van der Waals surface area contributed by atoms with E-state index in [4.69, 9.17) is 0 Å². The molecule has 1 atom stereocenters. The van der Waals surface area contributed by atoms with Crippen molar-refractivity contribution in [3.63, 3.8) is 0 Å². The molecular weight excluding hydrogens is 178 g/mol. The summed E-state index contributed by atoms with van der Waals surface area (Å²) in [7, 11) is 2.49. The van der Waals surface area contributed by atoms with Crippen LogP contribution in [0.1, 0.15) is 38.5 Å². The summed E-state index contributed by atoms with van der Waals surface area (Å²) in [6.45, 7) is 1.44. The third-order valence-corrected chi connectivity index (χ3v) is 5.15. The molecule has 2 rings (SSSR count). The smallest absolute Gasteiger partial charge is 0.125 e. The van der Waals surface area contributed by atoms with E-state index in [0.29, 0.717) is 0 Å². The lowest BCUT2D eigenvalue weighted by Crippen LogP contribution is -2.54. The van der Waals surface area contributed by atoms with Gasteiger partial charge in [-0.3, -0.25) is 0 Å². The summed E-state index contributed by atoms with van der Waals surface area (Å²) in [5, 5.41) is 0. The van der Waals surface area contributed by atoms with Crippen LogP contribution >= 0.6 is 11.8 Å². The van der Waals surface area contributed by atoms with Gasteiger partial charge in [0.2, 0.25) is 0 Å². The Balaban J connectivity index is 1.94. The van der Waals surface area contributed by atoms with E-state index in [9.17, 15) is 0 Å². The van der Waals surface area contributed by atoms with E-state index in [1.807, 2.05) is 0 Å². The minimum Gasteiger partial charge on any atom is -0.315 e. The minimum atomic E-state index is 1.00. The van der Waals surface area contributed by atoms with Gasteiger partial charge in [0.25, 0.3) is 0 Å². The lowest BCUT2D eigenvalue weighted by Gasteiger charge is -2.45. The van der Waals surface area contributed by atoms with Gasteiger partial charge < -0.3 is 4.48 Å². The number of nitrogens with zero attached hydrogens (tertiary/aromatic N) is 1. The van der Waals surface area contributed by atoms with Crippen molar-refractivity contribution < 1.29 is 4.48 Å². The van der Waals surface area contributed by atoms with Crippen LogP contribution in [0.25, 0.3) is 0 Å². The van der Waals surface area contributed by atoms with Gasteiger partial charge in [0.15, 0.2) is 0 Å². The first-order valence-electron chi connectivity index (χ1n) is 5.73. The second kappa shape index (κ2) is 4.22. The molecule has 1 aliphatic heterocycles. The molecule has 0 N–H and O–H groups in total. The van der Waals surface area contributed by atoms with Gasteiger partial charge in [-0.25, -0.2) is 0 Å². The average molecular weight is 200 g/mol. The van der Waals surface area contributed by atoms with Gasteiger partial charge in [0.05, 0.1) is 19.6 Å². The Bertz CT molecular complexity index is 157. The van der Waals surface area contributed by atoms with Crippen molar-refractivity contribution in [1.82, 2.24) is 0 Å². The van der Waals surface area contributed by atoms with Crippen molar-refractivity contribution in [2.24, 2.45) is 0 Å². The highest BCUT2D eigenvalue weighted by Crippen LogP contribution is 2.31. The number of hydrogen-bond acceptors (Lipinski definition) is 1. The highest BCUT2D eigenvalue weighted by molar-refractivity contribution is 7.99. The summed E-state index contributed by atoms with van der Waals surface area (Å²) in [6, 6.07) is 1.00. The predicted molar refractivity (Wildman–Crippen MR) is 59.9 cm³/mol. The van der Waals surface area contributed by atoms with Gasteiger partial charge in [-0.1, -0.05) is 6.42 Å². The zero-order valence-corrected chi connectivity index (χ0v) is 9.61. The van der Waals surface area contributed by atoms with Gasteiger partial charge in [-0.2, -0.15) is 0 Å². The van der Waals surface area contributed by atoms with Crippen LogP contribution in [0.15, 0.2) is 0 Å². The zero-order chi connectivity index (χ0) is 9.15. The summed E-state index contributed by atoms with van der Waals surface area (Å²) < 4.78 is 1.38. The lowest BCUT2D eigenvalue weighted by atomic mass is 9.93. The fraction of sp³-hybridized carbons (Fsp3) is 1.00. The van der Waals surface area contributed by atoms with Crippen LogP contribution in [-0.2, 0) is 0 Å². The molecule has 0 aromatic heterocycles. The van der Waals surface area contributed by atoms with Crippen molar-refractivity contribution in [3.05, 3.63) is 0 Å². The Morgan fingerprint density at radius 2 is 1.85 bits per heavy atom. The van der Waals surface area contributed by atoms with Crippen LogP contribution in [0, 0.1) is 0 Å². The molecule has 0 amide bonds. The largest absolute Gasteiger partial charge is 0.315 e. The van der Waals surface area contributed by atoms with Crippen LogP contribution in [0.5, 0.6) is 0 Å². The Morgan fingerprint density at radius 1 is 1.08 bits per heavy atom. The second-order valence-electron chi connectivity index (χ2n) is 4.89. The van der Waals surface area contributed by atoms with Crippen LogP contribution in [0.3, 0.4) is 0 Å². The molecule has 0 radical (unpaired) electrons. The molecule has 1 nitrogen and oxygen atoms in total. The molecule has 1 heterocycles. The van der Waals surface area contributed by atoms with Crippen molar-refractivity contribution in [3.8, 4) is 0 Å². The number of quaternary nitrogens is 1. The third kappa shape index (κ3) is 2.21. The maximum Gasteiger partial charge on any atom is 0.125 e. The maximum absolute atomic E-state index is 2.49. The Morgan fingerprint density at radius 3 is 2.46 bits per heavy atom. The molecular formula is C11H22NS+. The molecule has 13 heavy (non-hydrogen) atoms. The van der Waals surface area contributed by atoms with E-state index in [0.717, 1.165) is 6.04 Å². The van der Waals surface area contributed by atoms with Gasteiger partial charge >= 0.3 is 0 Å². The molecule has 1 unspecified atom stereocenters. The third-order valence-electron chi connectivity index (χ3n) is 3.80. The van der Waals surface area contributed by atoms with Crippen LogP contribution in [0.2, 0.25) is 0 Å². The Hall–Kier alpha value is 0.310. The van der Waals surface area contributed by atoms with Gasteiger partial charge in [-0.15, -0.1) is 11.8 Å². The summed E-state index contributed by atoms with van der Waals surface area (Å²) in [5.74, 6) is 2.78. The van der Waals surface area contributed by atoms with E-state index in [1.165, 1.54) is 61.2 Å². The Kier molecular flexibility index (Phi) is 3.20. The van der Waals surface area contributed by atoms with Crippen LogP contribution in [0.4, 0.5) is 0 Å². The summed E-state index contributed by atoms with van der Waals surface area (Å²) in [6.07, 6.45) is 8.90. The van der Waals surface area contributed by atoms with Crippen molar-refractivity contribution in [1.29, 1.82) is 0 Å². The predicted octanol–water partition coefficient (Wildman–Crippen LogP) is 2.86. The fourth-order valence-electron chi connectivity index (χ4n) is 2.86. The summed E-state index contributed by atoms with van der Waals surface area (Å²) >= 11 is 2.17. The molecule has 1 aliphatic carbocycles. The zero-order valence-electron chi connectivity index (χ0n) is 8.80. The molecule has 0 aromatic carbocycles. The molecule has 0 aromatic rings. The SMILES string of the molecule is C[N+]1(C2CCCCC2)CCCSC1. The number of rotatable bonds is 1. The number of thioether (sulfide) groups is 1. The number of hydrogen-bond donors (Lipinski definition) is 0. The molecule has 1 saturated heterocycles. The fourth-order valence-corrected chi connectivity index (χ4v) is 4.08. The van der Waals surface area contributed by atoms with Crippen molar-refractivity contribution >= 4 is 11.8 Å². The molecule has 2 fully saturated rings. The van der Waals surface area contributed by atoms with Gasteiger partial charge in [-0.05, 0) is 25.7 Å². The monoisotopic (exact) mass is 200 g/mol. The van der Waals surface area contributed by atoms with Crippen LogP contribution in [-0.4, -0.2) is 35.7 Å². The molecule has 2 heteroatoms. The van der Waals surface area contributed by atoms with E-state index in [1.54, 1.807) is 0 Å². The molecule has 0 bridgehead atoms. The molecule has 2 aliphatic rings. The van der Waals surface area contributed by atoms with E-state index < -0.39 is 0 Å². The standard InChI is InChI=1S/C11H22NS/c1-12(8-5-9-13-10-12)11-6-3-2-4-7-11/h11H,2-10H2,1H3/q+1.